The third kappa shape index (κ3) is 6.74. The number of nitrogens with two attached hydrogens (primary N) is 1. The molecule has 1 unspecified atom stereocenters. The first-order valence-corrected chi connectivity index (χ1v) is 6.11. The molecule has 4 nitrogen and oxygen atoms in total. The summed E-state index contributed by atoms with van der Waals surface area (Å²) in [6.45, 7) is 3.66. The highest BCUT2D eigenvalue weighted by atomic mass is 32.1. The van der Waals surface area contributed by atoms with E-state index in [0.717, 1.165) is 25.8 Å². The van der Waals surface area contributed by atoms with E-state index in [1.54, 1.807) is 0 Å². The molecular weight excluding hydrogens is 222 g/mol. The molecule has 5 heteroatoms. The Balaban J connectivity index is 3.88. The van der Waals surface area contributed by atoms with Crippen LogP contribution in [0.5, 0.6) is 0 Å². The Morgan fingerprint density at radius 3 is 2.56 bits per heavy atom. The summed E-state index contributed by atoms with van der Waals surface area (Å²) in [6.07, 6.45) is 2.58. The van der Waals surface area contributed by atoms with E-state index in [0.29, 0.717) is 11.5 Å². The number of nitrogens with one attached hydrogen (secondary N) is 1. The second-order valence-electron chi connectivity index (χ2n) is 4.19. The van der Waals surface area contributed by atoms with Crippen molar-refractivity contribution in [2.24, 2.45) is 11.7 Å². The van der Waals surface area contributed by atoms with Crippen LogP contribution in [0.2, 0.25) is 0 Å². The molecule has 0 aliphatic heterocycles. The summed E-state index contributed by atoms with van der Waals surface area (Å²) in [6, 6.07) is 0. The molecule has 0 aromatic rings. The summed E-state index contributed by atoms with van der Waals surface area (Å²) in [5.74, 6) is -0.340. The molecule has 0 radical (unpaired) electrons. The molecule has 0 saturated heterocycles. The summed E-state index contributed by atoms with van der Waals surface area (Å²) >= 11 is 4.89. The van der Waals surface area contributed by atoms with Crippen LogP contribution in [0.25, 0.3) is 0 Å². The van der Waals surface area contributed by atoms with Crippen LogP contribution in [0.3, 0.4) is 0 Å². The van der Waals surface area contributed by atoms with Gasteiger partial charge in [-0.1, -0.05) is 25.6 Å². The van der Waals surface area contributed by atoms with E-state index in [9.17, 15) is 4.79 Å². The van der Waals surface area contributed by atoms with E-state index in [-0.39, 0.29) is 11.8 Å². The van der Waals surface area contributed by atoms with Crippen LogP contribution >= 0.6 is 12.2 Å². The molecule has 3 N–H and O–H groups in total. The maximum Gasteiger partial charge on any atom is 0.229 e. The maximum atomic E-state index is 11.7. The standard InChI is InChI=1S/C11H23N3OS/c1-4-6-9(10(12)16)11(15)13-7-5-8-14(2)3/h9H,4-8H2,1-3H3,(H2,12,16)(H,13,15). The van der Waals surface area contributed by atoms with Crippen molar-refractivity contribution in [3.8, 4) is 0 Å². The largest absolute Gasteiger partial charge is 0.393 e. The predicted octanol–water partition coefficient (Wildman–Crippen LogP) is 0.757. The molecule has 16 heavy (non-hydrogen) atoms. The molecule has 0 heterocycles. The van der Waals surface area contributed by atoms with Gasteiger partial charge < -0.3 is 16.0 Å². The number of thiocarbonyl (C=S) groups is 1. The third-order valence-corrected chi connectivity index (χ3v) is 2.60. The average molecular weight is 245 g/mol. The Morgan fingerprint density at radius 1 is 1.50 bits per heavy atom. The van der Waals surface area contributed by atoms with Crippen LogP contribution in [0.1, 0.15) is 26.2 Å². The zero-order valence-electron chi connectivity index (χ0n) is 10.5. The molecule has 1 atom stereocenters. The molecular formula is C11H23N3OS. The molecule has 1 amide bonds. The monoisotopic (exact) mass is 245 g/mol. The van der Waals surface area contributed by atoms with E-state index < -0.39 is 0 Å². The van der Waals surface area contributed by atoms with Crippen LogP contribution in [-0.4, -0.2) is 43.0 Å². The number of carbonyl (C=O) groups excluding carboxylic acids is 1. The van der Waals surface area contributed by atoms with E-state index >= 15 is 0 Å². The molecule has 0 fully saturated rings. The van der Waals surface area contributed by atoms with Gasteiger partial charge in [0.2, 0.25) is 5.91 Å². The molecule has 0 bridgehead atoms. The molecule has 0 spiro atoms. The van der Waals surface area contributed by atoms with E-state index in [1.807, 2.05) is 21.0 Å². The van der Waals surface area contributed by atoms with Crippen molar-refractivity contribution >= 4 is 23.1 Å². The lowest BCUT2D eigenvalue weighted by atomic mass is 10.0. The smallest absolute Gasteiger partial charge is 0.229 e. The van der Waals surface area contributed by atoms with Gasteiger partial charge in [0.25, 0.3) is 0 Å². The number of nitrogens with zero attached hydrogens (tertiary/aromatic N) is 1. The zero-order chi connectivity index (χ0) is 12.6. The van der Waals surface area contributed by atoms with Crippen molar-refractivity contribution in [2.75, 3.05) is 27.2 Å². The van der Waals surface area contributed by atoms with Crippen molar-refractivity contribution in [3.63, 3.8) is 0 Å². The Morgan fingerprint density at radius 2 is 2.12 bits per heavy atom. The van der Waals surface area contributed by atoms with Crippen LogP contribution in [0, 0.1) is 5.92 Å². The Bertz CT molecular complexity index is 231. The van der Waals surface area contributed by atoms with Crippen LogP contribution in [-0.2, 0) is 4.79 Å². The number of carbonyl (C=O) groups is 1. The predicted molar refractivity (Wildman–Crippen MR) is 71.4 cm³/mol. The van der Waals surface area contributed by atoms with Gasteiger partial charge in [0.05, 0.1) is 10.9 Å². The minimum Gasteiger partial charge on any atom is -0.393 e. The quantitative estimate of drug-likeness (QED) is 0.489. The van der Waals surface area contributed by atoms with Crippen molar-refractivity contribution in [1.29, 1.82) is 0 Å². The van der Waals surface area contributed by atoms with Gasteiger partial charge in [-0.15, -0.1) is 0 Å². The summed E-state index contributed by atoms with van der Waals surface area (Å²) < 4.78 is 0. The minimum atomic E-state index is -0.306. The molecule has 0 aromatic carbocycles. The number of hydrogen-bond donors (Lipinski definition) is 2. The number of hydrogen-bond acceptors (Lipinski definition) is 3. The Labute approximate surface area is 104 Å². The second-order valence-corrected chi connectivity index (χ2v) is 4.66. The summed E-state index contributed by atoms with van der Waals surface area (Å²) in [5.41, 5.74) is 5.54. The first kappa shape index (κ1) is 15.3. The van der Waals surface area contributed by atoms with Gasteiger partial charge in [-0.05, 0) is 33.5 Å². The number of amides is 1. The average Bonchev–Trinajstić information content (AvgIpc) is 2.19. The van der Waals surface area contributed by atoms with Crippen LogP contribution in [0.4, 0.5) is 0 Å². The van der Waals surface area contributed by atoms with Gasteiger partial charge in [-0.2, -0.15) is 0 Å². The maximum absolute atomic E-state index is 11.7. The highest BCUT2D eigenvalue weighted by Crippen LogP contribution is 2.06. The van der Waals surface area contributed by atoms with E-state index in [2.05, 4.69) is 10.2 Å². The summed E-state index contributed by atoms with van der Waals surface area (Å²) in [4.78, 5) is 14.1. The molecule has 0 saturated carbocycles. The first-order chi connectivity index (χ1) is 7.49. The normalized spacial score (nSPS) is 12.5. The van der Waals surface area contributed by atoms with E-state index in [1.165, 1.54) is 0 Å². The fraction of sp³-hybridized carbons (Fsp3) is 0.818. The Kier molecular flexibility index (Phi) is 8.11. The van der Waals surface area contributed by atoms with Crippen molar-refractivity contribution in [2.45, 2.75) is 26.2 Å². The summed E-state index contributed by atoms with van der Waals surface area (Å²) in [5, 5.41) is 2.87. The van der Waals surface area contributed by atoms with Crippen molar-refractivity contribution < 1.29 is 4.79 Å². The summed E-state index contributed by atoms with van der Waals surface area (Å²) in [7, 11) is 4.02. The van der Waals surface area contributed by atoms with Gasteiger partial charge >= 0.3 is 0 Å². The topological polar surface area (TPSA) is 58.4 Å². The van der Waals surface area contributed by atoms with Gasteiger partial charge in [0.15, 0.2) is 0 Å². The molecule has 94 valence electrons. The lowest BCUT2D eigenvalue weighted by Crippen LogP contribution is -2.38. The second kappa shape index (κ2) is 8.47. The van der Waals surface area contributed by atoms with Crippen molar-refractivity contribution in [1.82, 2.24) is 10.2 Å². The van der Waals surface area contributed by atoms with Crippen LogP contribution < -0.4 is 11.1 Å². The lowest BCUT2D eigenvalue weighted by molar-refractivity contribution is -0.123. The third-order valence-electron chi connectivity index (χ3n) is 2.32. The zero-order valence-corrected chi connectivity index (χ0v) is 11.3. The molecule has 0 aliphatic carbocycles. The fourth-order valence-electron chi connectivity index (χ4n) is 1.42. The Hall–Kier alpha value is -0.680. The molecule has 0 rings (SSSR count). The SMILES string of the molecule is CCCC(C(=O)NCCCN(C)C)C(N)=S. The van der Waals surface area contributed by atoms with Crippen LogP contribution in [0.15, 0.2) is 0 Å². The molecule has 0 aliphatic rings. The highest BCUT2D eigenvalue weighted by Gasteiger charge is 2.19. The fourth-order valence-corrected chi connectivity index (χ4v) is 1.65. The van der Waals surface area contributed by atoms with Gasteiger partial charge in [0, 0.05) is 6.54 Å². The van der Waals surface area contributed by atoms with Crippen molar-refractivity contribution in [3.05, 3.63) is 0 Å². The molecule has 0 aromatic heterocycles. The van der Waals surface area contributed by atoms with Gasteiger partial charge in [0.1, 0.15) is 0 Å². The first-order valence-electron chi connectivity index (χ1n) is 5.70. The van der Waals surface area contributed by atoms with Gasteiger partial charge in [-0.25, -0.2) is 0 Å². The van der Waals surface area contributed by atoms with Gasteiger partial charge in [-0.3, -0.25) is 4.79 Å². The van der Waals surface area contributed by atoms with E-state index in [4.69, 9.17) is 18.0 Å². The highest BCUT2D eigenvalue weighted by molar-refractivity contribution is 7.80. The minimum absolute atomic E-state index is 0.0342. The number of rotatable bonds is 8. The lowest BCUT2D eigenvalue weighted by Gasteiger charge is -2.15.